The molecule has 0 radical (unpaired) electrons. The number of pyridine rings is 1. The Morgan fingerprint density at radius 2 is 1.90 bits per heavy atom. The summed E-state index contributed by atoms with van der Waals surface area (Å²) in [6.45, 7) is 5.05. The standard InChI is InChI=1S/C16H19ClN2O2/c1-11-8-13(17)9-12(2)16(11)21-7-3-6-19-10-14(18)4-5-15(19)20/h4-5,8-10H,3,6-7,18H2,1-2H3. The van der Waals surface area contributed by atoms with Crippen LogP contribution in [0.2, 0.25) is 5.02 Å². The Morgan fingerprint density at radius 3 is 2.57 bits per heavy atom. The zero-order valence-electron chi connectivity index (χ0n) is 12.2. The first-order valence-corrected chi connectivity index (χ1v) is 7.20. The number of hydrogen-bond donors (Lipinski definition) is 1. The maximum absolute atomic E-state index is 11.6. The van der Waals surface area contributed by atoms with Crippen LogP contribution in [-0.2, 0) is 6.54 Å². The van der Waals surface area contributed by atoms with Gasteiger partial charge < -0.3 is 15.0 Å². The fraction of sp³-hybridized carbons (Fsp3) is 0.312. The molecule has 0 saturated carbocycles. The van der Waals surface area contributed by atoms with E-state index in [1.54, 1.807) is 16.8 Å². The van der Waals surface area contributed by atoms with Crippen molar-refractivity contribution in [2.24, 2.45) is 0 Å². The largest absolute Gasteiger partial charge is 0.493 e. The summed E-state index contributed by atoms with van der Waals surface area (Å²) in [6.07, 6.45) is 2.38. The average Bonchev–Trinajstić information content (AvgIpc) is 2.40. The molecule has 21 heavy (non-hydrogen) atoms. The Morgan fingerprint density at radius 1 is 1.24 bits per heavy atom. The maximum atomic E-state index is 11.6. The van der Waals surface area contributed by atoms with Gasteiger partial charge in [0.25, 0.3) is 5.56 Å². The van der Waals surface area contributed by atoms with E-state index in [0.29, 0.717) is 23.9 Å². The Bertz CT molecular complexity index is 672. The smallest absolute Gasteiger partial charge is 0.250 e. The number of benzene rings is 1. The molecular formula is C16H19ClN2O2. The van der Waals surface area contributed by atoms with Crippen molar-refractivity contribution in [3.63, 3.8) is 0 Å². The van der Waals surface area contributed by atoms with Gasteiger partial charge in [0.15, 0.2) is 0 Å². The van der Waals surface area contributed by atoms with Crippen LogP contribution in [0.4, 0.5) is 5.69 Å². The molecule has 2 N–H and O–H groups in total. The molecule has 1 aromatic carbocycles. The Labute approximate surface area is 129 Å². The van der Waals surface area contributed by atoms with Crippen LogP contribution in [0.5, 0.6) is 5.75 Å². The Kier molecular flexibility index (Phi) is 4.91. The van der Waals surface area contributed by atoms with Gasteiger partial charge in [-0.3, -0.25) is 4.79 Å². The van der Waals surface area contributed by atoms with Crippen molar-refractivity contribution in [2.75, 3.05) is 12.3 Å². The van der Waals surface area contributed by atoms with Crippen molar-refractivity contribution in [3.8, 4) is 5.75 Å². The second kappa shape index (κ2) is 6.68. The maximum Gasteiger partial charge on any atom is 0.250 e. The summed E-state index contributed by atoms with van der Waals surface area (Å²) in [4.78, 5) is 11.6. The van der Waals surface area contributed by atoms with Crippen LogP contribution in [0.15, 0.2) is 35.3 Å². The summed E-state index contributed by atoms with van der Waals surface area (Å²) in [5.74, 6) is 0.860. The van der Waals surface area contributed by atoms with E-state index in [0.717, 1.165) is 23.3 Å². The fourth-order valence-electron chi connectivity index (χ4n) is 2.26. The molecule has 0 bridgehead atoms. The first-order chi connectivity index (χ1) is 9.97. The Hall–Kier alpha value is -1.94. The predicted octanol–water partition coefficient (Wildman–Crippen LogP) is 3.17. The minimum atomic E-state index is -0.0527. The third-order valence-electron chi connectivity index (χ3n) is 3.22. The van der Waals surface area contributed by atoms with Crippen LogP contribution in [0.25, 0.3) is 0 Å². The molecule has 1 aromatic heterocycles. The monoisotopic (exact) mass is 306 g/mol. The number of nitrogens with zero attached hydrogens (tertiary/aromatic N) is 1. The molecule has 2 rings (SSSR count). The molecule has 0 saturated heterocycles. The van der Waals surface area contributed by atoms with E-state index in [9.17, 15) is 4.79 Å². The zero-order chi connectivity index (χ0) is 15.4. The highest BCUT2D eigenvalue weighted by atomic mass is 35.5. The van der Waals surface area contributed by atoms with Crippen molar-refractivity contribution in [3.05, 3.63) is 57.0 Å². The normalized spacial score (nSPS) is 10.6. The van der Waals surface area contributed by atoms with Gasteiger partial charge in [0.2, 0.25) is 0 Å². The highest BCUT2D eigenvalue weighted by Gasteiger charge is 2.05. The number of rotatable bonds is 5. The van der Waals surface area contributed by atoms with E-state index in [1.165, 1.54) is 6.07 Å². The molecule has 0 unspecified atom stereocenters. The molecule has 0 fully saturated rings. The predicted molar refractivity (Wildman–Crippen MR) is 86.2 cm³/mol. The molecule has 0 aliphatic carbocycles. The quantitative estimate of drug-likeness (QED) is 0.863. The summed E-state index contributed by atoms with van der Waals surface area (Å²) in [5, 5.41) is 0.712. The topological polar surface area (TPSA) is 57.2 Å². The van der Waals surface area contributed by atoms with Gasteiger partial charge in [-0.05, 0) is 49.6 Å². The van der Waals surface area contributed by atoms with Crippen molar-refractivity contribution >= 4 is 17.3 Å². The molecule has 5 heteroatoms. The molecule has 4 nitrogen and oxygen atoms in total. The number of nitrogen functional groups attached to an aromatic ring is 1. The van der Waals surface area contributed by atoms with E-state index in [2.05, 4.69) is 0 Å². The summed E-state index contributed by atoms with van der Waals surface area (Å²) in [7, 11) is 0. The third kappa shape index (κ3) is 4.02. The van der Waals surface area contributed by atoms with Gasteiger partial charge in [0.05, 0.1) is 6.61 Å². The molecule has 0 aliphatic rings. The molecule has 0 aliphatic heterocycles. The van der Waals surface area contributed by atoms with Crippen molar-refractivity contribution in [1.82, 2.24) is 4.57 Å². The summed E-state index contributed by atoms with van der Waals surface area (Å²) >= 11 is 5.99. The summed E-state index contributed by atoms with van der Waals surface area (Å²) < 4.78 is 7.41. The molecule has 1 heterocycles. The molecule has 112 valence electrons. The molecular weight excluding hydrogens is 288 g/mol. The van der Waals surface area contributed by atoms with Crippen LogP contribution in [0.3, 0.4) is 0 Å². The minimum absolute atomic E-state index is 0.0527. The highest BCUT2D eigenvalue weighted by Crippen LogP contribution is 2.27. The summed E-state index contributed by atoms with van der Waals surface area (Å²) in [5.41, 5.74) is 8.23. The van der Waals surface area contributed by atoms with Crippen LogP contribution in [0.1, 0.15) is 17.5 Å². The molecule has 2 aromatic rings. The van der Waals surface area contributed by atoms with Gasteiger partial charge in [-0.25, -0.2) is 0 Å². The van der Waals surface area contributed by atoms with Gasteiger partial charge in [-0.2, -0.15) is 0 Å². The van der Waals surface area contributed by atoms with Gasteiger partial charge >= 0.3 is 0 Å². The number of aryl methyl sites for hydroxylation is 3. The highest BCUT2D eigenvalue weighted by molar-refractivity contribution is 6.30. The number of hydrogen-bond acceptors (Lipinski definition) is 3. The van der Waals surface area contributed by atoms with Crippen LogP contribution in [0, 0.1) is 13.8 Å². The first-order valence-electron chi connectivity index (χ1n) is 6.83. The number of halogens is 1. The second-order valence-corrected chi connectivity index (χ2v) is 5.50. The zero-order valence-corrected chi connectivity index (χ0v) is 13.0. The van der Waals surface area contributed by atoms with Crippen molar-refractivity contribution < 1.29 is 4.74 Å². The van der Waals surface area contributed by atoms with E-state index in [-0.39, 0.29) is 5.56 Å². The van der Waals surface area contributed by atoms with Crippen LogP contribution >= 0.6 is 11.6 Å². The number of anilines is 1. The number of ether oxygens (including phenoxy) is 1. The number of nitrogens with two attached hydrogens (primary N) is 1. The lowest BCUT2D eigenvalue weighted by molar-refractivity contribution is 0.297. The van der Waals surface area contributed by atoms with Crippen LogP contribution in [-0.4, -0.2) is 11.2 Å². The van der Waals surface area contributed by atoms with E-state index >= 15 is 0 Å². The molecule has 0 amide bonds. The van der Waals surface area contributed by atoms with E-state index in [4.69, 9.17) is 22.1 Å². The SMILES string of the molecule is Cc1cc(Cl)cc(C)c1OCCCn1cc(N)ccc1=O. The lowest BCUT2D eigenvalue weighted by atomic mass is 10.1. The minimum Gasteiger partial charge on any atom is -0.493 e. The fourth-order valence-corrected chi connectivity index (χ4v) is 2.59. The average molecular weight is 307 g/mol. The lowest BCUT2D eigenvalue weighted by Crippen LogP contribution is -2.20. The van der Waals surface area contributed by atoms with E-state index in [1.807, 2.05) is 26.0 Å². The number of aromatic nitrogens is 1. The van der Waals surface area contributed by atoms with Gasteiger partial charge in [-0.15, -0.1) is 0 Å². The van der Waals surface area contributed by atoms with Gasteiger partial charge in [0.1, 0.15) is 5.75 Å². The van der Waals surface area contributed by atoms with Crippen molar-refractivity contribution in [2.45, 2.75) is 26.8 Å². The lowest BCUT2D eigenvalue weighted by Gasteiger charge is -2.13. The summed E-state index contributed by atoms with van der Waals surface area (Å²) in [6, 6.07) is 6.85. The van der Waals surface area contributed by atoms with E-state index < -0.39 is 0 Å². The molecule has 0 spiro atoms. The van der Waals surface area contributed by atoms with Gasteiger partial charge in [0, 0.05) is 29.5 Å². The first kappa shape index (κ1) is 15.4. The van der Waals surface area contributed by atoms with Gasteiger partial charge in [-0.1, -0.05) is 11.6 Å². The second-order valence-electron chi connectivity index (χ2n) is 5.06. The Balaban J connectivity index is 1.94. The third-order valence-corrected chi connectivity index (χ3v) is 3.44. The van der Waals surface area contributed by atoms with Crippen molar-refractivity contribution in [1.29, 1.82) is 0 Å². The van der Waals surface area contributed by atoms with Crippen LogP contribution < -0.4 is 16.0 Å². The molecule has 0 atom stereocenters.